The van der Waals surface area contributed by atoms with E-state index in [1.807, 2.05) is 0 Å². The van der Waals surface area contributed by atoms with Crippen LogP contribution in [0, 0.1) is 13.3 Å². The summed E-state index contributed by atoms with van der Waals surface area (Å²) in [5.74, 6) is 0. The van der Waals surface area contributed by atoms with Gasteiger partial charge in [-0.3, -0.25) is 0 Å². The highest BCUT2D eigenvalue weighted by Gasteiger charge is 1.91. The minimum absolute atomic E-state index is 1.12. The van der Waals surface area contributed by atoms with Crippen molar-refractivity contribution in [2.45, 2.75) is 77.6 Å². The molecule has 0 N–H and O–H groups in total. The number of hydrogen-bond acceptors (Lipinski definition) is 0. The molecule has 0 unspecified atom stereocenters. The van der Waals surface area contributed by atoms with E-state index in [0.717, 1.165) is 6.42 Å². The van der Waals surface area contributed by atoms with Crippen LogP contribution in [0.2, 0.25) is 0 Å². The largest absolute Gasteiger partial charge is 0.0651 e. The van der Waals surface area contributed by atoms with Crippen LogP contribution in [0.1, 0.15) is 77.6 Å². The highest BCUT2D eigenvalue weighted by Crippen LogP contribution is 2.11. The van der Waals surface area contributed by atoms with Crippen molar-refractivity contribution in [3.63, 3.8) is 0 Å². The van der Waals surface area contributed by atoms with Crippen LogP contribution >= 0.6 is 0 Å². The van der Waals surface area contributed by atoms with Crippen LogP contribution in [-0.4, -0.2) is 0 Å². The third-order valence-electron chi connectivity index (χ3n) is 2.70. The molecule has 2 radical (unpaired) electrons. The van der Waals surface area contributed by atoms with Crippen molar-refractivity contribution < 1.29 is 0 Å². The van der Waals surface area contributed by atoms with Gasteiger partial charge in [0.1, 0.15) is 0 Å². The summed E-state index contributed by atoms with van der Waals surface area (Å²) in [4.78, 5) is 0. The molecule has 0 spiro atoms. The van der Waals surface area contributed by atoms with E-state index in [1.54, 1.807) is 0 Å². The third kappa shape index (κ3) is 12.0. The molecule has 0 aliphatic rings. The van der Waals surface area contributed by atoms with Gasteiger partial charge in [0.05, 0.1) is 0 Å². The Bertz CT molecular complexity index is 74.0. The van der Waals surface area contributed by atoms with Gasteiger partial charge in [-0.25, -0.2) is 0 Å². The van der Waals surface area contributed by atoms with Crippen molar-refractivity contribution in [2.24, 2.45) is 0 Å². The lowest BCUT2D eigenvalue weighted by molar-refractivity contribution is 0.566. The van der Waals surface area contributed by atoms with Crippen molar-refractivity contribution in [1.29, 1.82) is 0 Å². The molecule has 0 nitrogen and oxygen atoms in total. The maximum Gasteiger partial charge on any atom is -0.0389 e. The molecule has 14 heavy (non-hydrogen) atoms. The minimum Gasteiger partial charge on any atom is -0.0651 e. The Labute approximate surface area is 91.5 Å². The summed E-state index contributed by atoms with van der Waals surface area (Å²) in [6.07, 6.45) is 17.4. The molecule has 0 aliphatic heterocycles. The fraction of sp³-hybridized carbons (Fsp3) is 0.857. The molecule has 0 aromatic heterocycles. The Hall–Kier alpha value is 0. The van der Waals surface area contributed by atoms with E-state index >= 15 is 0 Å². The topological polar surface area (TPSA) is 0 Å². The molecule has 0 saturated carbocycles. The average Bonchev–Trinajstić information content (AvgIpc) is 2.21. The van der Waals surface area contributed by atoms with Gasteiger partial charge in [0, 0.05) is 0 Å². The lowest BCUT2D eigenvalue weighted by Crippen LogP contribution is -1.81. The predicted octanol–water partition coefficient (Wildman–Crippen LogP) is 5.34. The number of rotatable bonds is 11. The normalized spacial score (nSPS) is 10.7. The van der Waals surface area contributed by atoms with E-state index in [9.17, 15) is 0 Å². The molecule has 0 aromatic carbocycles. The van der Waals surface area contributed by atoms with Crippen LogP contribution in [0.15, 0.2) is 0 Å². The van der Waals surface area contributed by atoms with E-state index in [1.165, 1.54) is 64.2 Å². The van der Waals surface area contributed by atoms with E-state index < -0.39 is 0 Å². The van der Waals surface area contributed by atoms with Gasteiger partial charge in [0.2, 0.25) is 0 Å². The van der Waals surface area contributed by atoms with Crippen LogP contribution in [0.4, 0.5) is 0 Å². The Balaban J connectivity index is 2.78. The van der Waals surface area contributed by atoms with E-state index in [2.05, 4.69) is 20.3 Å². The summed E-state index contributed by atoms with van der Waals surface area (Å²) in [6, 6.07) is 0. The highest BCUT2D eigenvalue weighted by atomic mass is 14.0. The maximum absolute atomic E-state index is 3.86. The molecule has 0 saturated heterocycles. The molecular formula is C14H28. The zero-order valence-electron chi connectivity index (χ0n) is 10.1. The molecular weight excluding hydrogens is 168 g/mol. The molecule has 0 heterocycles. The smallest absolute Gasteiger partial charge is 0.0389 e. The molecule has 0 atom stereocenters. The van der Waals surface area contributed by atoms with Gasteiger partial charge >= 0.3 is 0 Å². The zero-order valence-corrected chi connectivity index (χ0v) is 10.1. The Morgan fingerprint density at radius 2 is 1.29 bits per heavy atom. The quantitative estimate of drug-likeness (QED) is 0.391. The first-order valence-corrected chi connectivity index (χ1v) is 6.52. The Morgan fingerprint density at radius 3 is 1.79 bits per heavy atom. The Kier molecular flexibility index (Phi) is 13.0. The molecule has 0 fully saturated rings. The van der Waals surface area contributed by atoms with E-state index in [0.29, 0.717) is 0 Å². The highest BCUT2D eigenvalue weighted by molar-refractivity contribution is 4.60. The second-order valence-electron chi connectivity index (χ2n) is 4.17. The third-order valence-corrected chi connectivity index (χ3v) is 2.70. The van der Waals surface area contributed by atoms with Gasteiger partial charge in [-0.15, -0.1) is 0 Å². The zero-order chi connectivity index (χ0) is 10.5. The lowest BCUT2D eigenvalue weighted by atomic mass is 10.1. The summed E-state index contributed by atoms with van der Waals surface area (Å²) >= 11 is 0. The van der Waals surface area contributed by atoms with Gasteiger partial charge in [-0.05, 0) is 6.42 Å². The van der Waals surface area contributed by atoms with E-state index in [-0.39, 0.29) is 0 Å². The molecule has 0 aromatic rings. The number of hydrogen-bond donors (Lipinski definition) is 0. The van der Waals surface area contributed by atoms with Crippen LogP contribution in [0.3, 0.4) is 0 Å². The Morgan fingerprint density at radius 1 is 0.786 bits per heavy atom. The van der Waals surface area contributed by atoms with Crippen molar-refractivity contribution in [3.8, 4) is 0 Å². The van der Waals surface area contributed by atoms with Crippen LogP contribution < -0.4 is 0 Å². The van der Waals surface area contributed by atoms with Crippen molar-refractivity contribution >= 4 is 0 Å². The summed E-state index contributed by atoms with van der Waals surface area (Å²) < 4.78 is 0. The molecule has 0 heteroatoms. The van der Waals surface area contributed by atoms with Gasteiger partial charge in [-0.2, -0.15) is 0 Å². The van der Waals surface area contributed by atoms with Gasteiger partial charge in [0.15, 0.2) is 0 Å². The summed E-state index contributed by atoms with van der Waals surface area (Å²) in [5, 5.41) is 0. The first kappa shape index (κ1) is 14.0. The summed E-state index contributed by atoms with van der Waals surface area (Å²) in [7, 11) is 0. The molecule has 0 bridgehead atoms. The molecule has 0 aliphatic carbocycles. The SMILES string of the molecule is [CH2]CCCCCCCCCC[CH]CC. The predicted molar refractivity (Wildman–Crippen MR) is 66.1 cm³/mol. The second kappa shape index (κ2) is 13.0. The summed E-state index contributed by atoms with van der Waals surface area (Å²) in [6.45, 7) is 6.08. The standard InChI is InChI=1S/C14H28/c1-3-5-7-9-11-13-14-12-10-8-6-4-2/h6H,1,3-5,7-14H2,2H3. The van der Waals surface area contributed by atoms with Gasteiger partial charge in [0.25, 0.3) is 0 Å². The minimum atomic E-state index is 1.12. The van der Waals surface area contributed by atoms with E-state index in [4.69, 9.17) is 0 Å². The van der Waals surface area contributed by atoms with Crippen LogP contribution in [0.5, 0.6) is 0 Å². The first-order valence-electron chi connectivity index (χ1n) is 6.52. The monoisotopic (exact) mass is 196 g/mol. The van der Waals surface area contributed by atoms with Gasteiger partial charge < -0.3 is 0 Å². The first-order chi connectivity index (χ1) is 6.91. The second-order valence-corrected chi connectivity index (χ2v) is 4.17. The van der Waals surface area contributed by atoms with Crippen molar-refractivity contribution in [3.05, 3.63) is 13.3 Å². The van der Waals surface area contributed by atoms with Crippen molar-refractivity contribution in [2.75, 3.05) is 0 Å². The van der Waals surface area contributed by atoms with Crippen molar-refractivity contribution in [1.82, 2.24) is 0 Å². The van der Waals surface area contributed by atoms with Crippen LogP contribution in [0.25, 0.3) is 0 Å². The fourth-order valence-corrected chi connectivity index (χ4v) is 1.73. The lowest BCUT2D eigenvalue weighted by Gasteiger charge is -2.01. The maximum atomic E-state index is 3.86. The van der Waals surface area contributed by atoms with Gasteiger partial charge in [-0.1, -0.05) is 84.5 Å². The molecule has 0 amide bonds. The fourth-order valence-electron chi connectivity index (χ4n) is 1.73. The summed E-state index contributed by atoms with van der Waals surface area (Å²) in [5.41, 5.74) is 0. The average molecular weight is 196 g/mol. The van der Waals surface area contributed by atoms with Crippen LogP contribution in [-0.2, 0) is 0 Å². The molecule has 84 valence electrons. The molecule has 0 rings (SSSR count). The number of unbranched alkanes of at least 4 members (excludes halogenated alkanes) is 11.